The summed E-state index contributed by atoms with van der Waals surface area (Å²) in [6.07, 6.45) is -4.25. The molecule has 0 bridgehead atoms. The Balaban J connectivity index is 1.42. The van der Waals surface area contributed by atoms with Crippen molar-refractivity contribution >= 4 is 16.8 Å². The third kappa shape index (κ3) is 8.77. The van der Waals surface area contributed by atoms with Crippen molar-refractivity contribution < 1.29 is 26.7 Å². The minimum Gasteiger partial charge on any atom is -0.336 e. The van der Waals surface area contributed by atoms with Gasteiger partial charge >= 0.3 is 6.18 Å². The molecule has 1 amide bonds. The van der Waals surface area contributed by atoms with E-state index in [4.69, 9.17) is 0 Å². The standard InChI is InChI=1S/C38H37F5N4O2/c1-3-45(4-2)21-22-46(24-26-9-11-27(12-10-26)28-13-16-30(17-14-28)38(41,42)43)36(48)25-47-34-8-6-5-7-32(34)37(49)44-35(47)20-15-29-23-31(39)18-19-33(29)40/h5-14,16-19,23H,3-4,15,20-22,24-25H2,1-2H3. The fraction of sp³-hybridized carbons (Fsp3) is 0.289. The SMILES string of the molecule is CCN(CC)CCN(Cc1ccc(-c2ccc(C(F)(F)F)cc2)cc1)C(=O)Cn1c(CCc2cc(F)ccc2F)nc(=O)c2ccccc21. The zero-order valence-corrected chi connectivity index (χ0v) is 27.3. The largest absolute Gasteiger partial charge is 0.416 e. The van der Waals surface area contributed by atoms with E-state index in [0.29, 0.717) is 29.6 Å². The number of hydrogen-bond acceptors (Lipinski definition) is 4. The van der Waals surface area contributed by atoms with Crippen molar-refractivity contribution in [2.24, 2.45) is 0 Å². The van der Waals surface area contributed by atoms with E-state index in [1.54, 1.807) is 33.7 Å². The number of alkyl halides is 3. The first-order chi connectivity index (χ1) is 23.5. The Morgan fingerprint density at radius 3 is 2.12 bits per heavy atom. The molecule has 0 aliphatic rings. The fourth-order valence-corrected chi connectivity index (χ4v) is 5.82. The molecule has 0 spiro atoms. The van der Waals surface area contributed by atoms with Gasteiger partial charge in [0.15, 0.2) is 0 Å². The van der Waals surface area contributed by atoms with Crippen LogP contribution in [0.3, 0.4) is 0 Å². The number of carbonyl (C=O) groups is 1. The molecule has 0 saturated carbocycles. The van der Waals surface area contributed by atoms with Gasteiger partial charge in [-0.05, 0) is 84.2 Å². The van der Waals surface area contributed by atoms with Crippen LogP contribution in [0.25, 0.3) is 22.0 Å². The summed E-state index contributed by atoms with van der Waals surface area (Å²) in [6.45, 7) is 6.85. The second kappa shape index (κ2) is 15.5. The van der Waals surface area contributed by atoms with Gasteiger partial charge in [0.05, 0.1) is 16.5 Å². The molecule has 5 aromatic rings. The lowest BCUT2D eigenvalue weighted by molar-refractivity contribution is -0.137. The van der Waals surface area contributed by atoms with Crippen molar-refractivity contribution in [2.45, 2.75) is 46.0 Å². The Bertz CT molecular complexity index is 1950. The molecule has 11 heteroatoms. The van der Waals surface area contributed by atoms with E-state index in [0.717, 1.165) is 54.5 Å². The number of rotatable bonds is 13. The summed E-state index contributed by atoms with van der Waals surface area (Å²) in [7, 11) is 0. The van der Waals surface area contributed by atoms with Crippen LogP contribution in [0.1, 0.15) is 36.4 Å². The molecule has 5 rings (SSSR count). The van der Waals surface area contributed by atoms with Crippen molar-refractivity contribution in [3.8, 4) is 11.1 Å². The van der Waals surface area contributed by atoms with Crippen molar-refractivity contribution in [1.29, 1.82) is 0 Å². The fourth-order valence-electron chi connectivity index (χ4n) is 5.82. The van der Waals surface area contributed by atoms with Crippen LogP contribution >= 0.6 is 0 Å². The molecule has 0 saturated heterocycles. The number of aryl methyl sites for hydroxylation is 2. The average Bonchev–Trinajstić information content (AvgIpc) is 3.10. The highest BCUT2D eigenvalue weighted by atomic mass is 19.4. The molecule has 1 aromatic heterocycles. The lowest BCUT2D eigenvalue weighted by Gasteiger charge is -2.28. The quantitative estimate of drug-likeness (QED) is 0.121. The van der Waals surface area contributed by atoms with Crippen LogP contribution in [-0.2, 0) is 36.9 Å². The number of nitrogens with zero attached hydrogens (tertiary/aromatic N) is 4. The molecule has 0 atom stereocenters. The summed E-state index contributed by atoms with van der Waals surface area (Å²) < 4.78 is 69.1. The first kappa shape index (κ1) is 35.4. The van der Waals surface area contributed by atoms with Gasteiger partial charge in [0, 0.05) is 26.1 Å². The molecule has 49 heavy (non-hydrogen) atoms. The van der Waals surface area contributed by atoms with Gasteiger partial charge < -0.3 is 14.4 Å². The van der Waals surface area contributed by atoms with Crippen LogP contribution in [0.4, 0.5) is 22.0 Å². The summed E-state index contributed by atoms with van der Waals surface area (Å²) in [5.41, 5.74) is 1.66. The summed E-state index contributed by atoms with van der Waals surface area (Å²) >= 11 is 0. The normalized spacial score (nSPS) is 11.8. The van der Waals surface area contributed by atoms with Crippen molar-refractivity contribution in [1.82, 2.24) is 19.4 Å². The number of halogens is 5. The van der Waals surface area contributed by atoms with Crippen LogP contribution in [0.5, 0.6) is 0 Å². The number of benzene rings is 4. The Labute approximate surface area is 281 Å². The molecule has 0 radical (unpaired) electrons. The summed E-state index contributed by atoms with van der Waals surface area (Å²) in [5, 5.41) is 0.338. The highest BCUT2D eigenvalue weighted by Gasteiger charge is 2.30. The van der Waals surface area contributed by atoms with E-state index < -0.39 is 28.9 Å². The number of hydrogen-bond donors (Lipinski definition) is 0. The number of carbonyl (C=O) groups excluding carboxylic acids is 1. The zero-order valence-electron chi connectivity index (χ0n) is 27.3. The molecule has 0 N–H and O–H groups in total. The minimum atomic E-state index is -4.42. The predicted octanol–water partition coefficient (Wildman–Crippen LogP) is 7.52. The van der Waals surface area contributed by atoms with E-state index in [9.17, 15) is 31.5 Å². The molecule has 4 aromatic carbocycles. The first-order valence-electron chi connectivity index (χ1n) is 16.2. The third-order valence-electron chi connectivity index (χ3n) is 8.69. The molecule has 0 unspecified atom stereocenters. The maximum Gasteiger partial charge on any atom is 0.416 e. The number of likely N-dealkylation sites (N-methyl/N-ethyl adjacent to an activating group) is 1. The van der Waals surface area contributed by atoms with Gasteiger partial charge in [-0.1, -0.05) is 62.4 Å². The van der Waals surface area contributed by atoms with Crippen LogP contribution < -0.4 is 5.56 Å². The summed E-state index contributed by atoms with van der Waals surface area (Å²) in [5.74, 6) is -1.09. The van der Waals surface area contributed by atoms with Gasteiger partial charge in [-0.25, -0.2) is 8.78 Å². The smallest absolute Gasteiger partial charge is 0.336 e. The van der Waals surface area contributed by atoms with Crippen molar-refractivity contribution in [3.63, 3.8) is 0 Å². The lowest BCUT2D eigenvalue weighted by Crippen LogP contribution is -2.40. The molecule has 256 valence electrons. The second-order valence-corrected chi connectivity index (χ2v) is 11.8. The summed E-state index contributed by atoms with van der Waals surface area (Å²) in [4.78, 5) is 35.3. The number of para-hydroxylation sites is 1. The van der Waals surface area contributed by atoms with Crippen LogP contribution in [0, 0.1) is 11.6 Å². The van der Waals surface area contributed by atoms with Crippen LogP contribution in [-0.4, -0.2) is 51.4 Å². The van der Waals surface area contributed by atoms with Gasteiger partial charge in [-0.2, -0.15) is 18.2 Å². The first-order valence-corrected chi connectivity index (χ1v) is 16.2. The molecule has 1 heterocycles. The van der Waals surface area contributed by atoms with Gasteiger partial charge in [0.2, 0.25) is 5.91 Å². The van der Waals surface area contributed by atoms with E-state index in [1.165, 1.54) is 12.1 Å². The summed E-state index contributed by atoms with van der Waals surface area (Å²) in [6, 6.07) is 22.3. The van der Waals surface area contributed by atoms with Gasteiger partial charge in [-0.15, -0.1) is 0 Å². The molecular formula is C38H37F5N4O2. The molecule has 6 nitrogen and oxygen atoms in total. The van der Waals surface area contributed by atoms with Crippen LogP contribution in [0.15, 0.2) is 95.8 Å². The number of fused-ring (bicyclic) bond motifs is 1. The highest BCUT2D eigenvalue weighted by Crippen LogP contribution is 2.31. The molecule has 0 aliphatic heterocycles. The van der Waals surface area contributed by atoms with E-state index in [-0.39, 0.29) is 43.2 Å². The predicted molar refractivity (Wildman–Crippen MR) is 180 cm³/mol. The maximum atomic E-state index is 14.5. The topological polar surface area (TPSA) is 58.4 Å². The van der Waals surface area contributed by atoms with Gasteiger partial charge in [0.1, 0.15) is 24.0 Å². The Hall–Kier alpha value is -4.90. The number of aromatic nitrogens is 2. The third-order valence-corrected chi connectivity index (χ3v) is 8.69. The van der Waals surface area contributed by atoms with E-state index >= 15 is 0 Å². The van der Waals surface area contributed by atoms with Crippen LogP contribution in [0.2, 0.25) is 0 Å². The second-order valence-electron chi connectivity index (χ2n) is 11.8. The van der Waals surface area contributed by atoms with E-state index in [1.807, 2.05) is 38.1 Å². The lowest BCUT2D eigenvalue weighted by atomic mass is 10.0. The van der Waals surface area contributed by atoms with Crippen molar-refractivity contribution in [2.75, 3.05) is 26.2 Å². The molecule has 0 fully saturated rings. The number of amides is 1. The highest BCUT2D eigenvalue weighted by molar-refractivity contribution is 5.82. The molecular weight excluding hydrogens is 639 g/mol. The molecule has 0 aliphatic carbocycles. The maximum absolute atomic E-state index is 14.5. The van der Waals surface area contributed by atoms with Gasteiger partial charge in [0.25, 0.3) is 5.56 Å². The Morgan fingerprint density at radius 1 is 0.816 bits per heavy atom. The van der Waals surface area contributed by atoms with Crippen molar-refractivity contribution in [3.05, 3.63) is 135 Å². The van der Waals surface area contributed by atoms with E-state index in [2.05, 4.69) is 9.88 Å². The monoisotopic (exact) mass is 676 g/mol. The van der Waals surface area contributed by atoms with Gasteiger partial charge in [-0.3, -0.25) is 9.59 Å². The Kier molecular flexibility index (Phi) is 11.2. The Morgan fingerprint density at radius 2 is 1.47 bits per heavy atom. The minimum absolute atomic E-state index is 0.0690. The zero-order chi connectivity index (χ0) is 35.1. The average molecular weight is 677 g/mol.